The number of hydrogen-bond acceptors (Lipinski definition) is 5. The normalized spacial score (nSPS) is 12.1. The molecule has 0 saturated carbocycles. The maximum absolute atomic E-state index is 12.0. The molecule has 0 aliphatic carbocycles. The minimum absolute atomic E-state index is 0.0303. The molecule has 23 heavy (non-hydrogen) atoms. The van der Waals surface area contributed by atoms with Gasteiger partial charge in [0.05, 0.1) is 0 Å². The summed E-state index contributed by atoms with van der Waals surface area (Å²) in [5, 5.41) is 13.3. The molecule has 124 valence electrons. The van der Waals surface area contributed by atoms with Gasteiger partial charge in [-0.05, 0) is 30.7 Å². The van der Waals surface area contributed by atoms with Crippen LogP contribution >= 0.6 is 34.7 Å². The van der Waals surface area contributed by atoms with E-state index in [-0.39, 0.29) is 5.91 Å². The number of thioether (sulfide) groups is 1. The molecule has 0 spiro atoms. The molecule has 0 saturated heterocycles. The molecule has 1 aromatic carbocycles. The summed E-state index contributed by atoms with van der Waals surface area (Å²) >= 11 is 8.94. The number of nitrogens with zero attached hydrogens (tertiary/aromatic N) is 2. The molecule has 2 rings (SSSR count). The highest BCUT2D eigenvalue weighted by molar-refractivity contribution is 7.99. The highest BCUT2D eigenvalue weighted by atomic mass is 35.5. The minimum atomic E-state index is -0.0303. The first-order valence-corrected chi connectivity index (χ1v) is 9.78. The molecule has 2 aromatic rings. The number of rotatable bonds is 8. The number of carbonyl (C=O) groups excluding carboxylic acids is 1. The number of anilines is 1. The van der Waals surface area contributed by atoms with E-state index in [1.54, 1.807) is 11.8 Å². The van der Waals surface area contributed by atoms with Gasteiger partial charge < -0.3 is 5.32 Å². The van der Waals surface area contributed by atoms with Crippen molar-refractivity contribution in [2.45, 2.75) is 43.9 Å². The molecule has 4 nitrogen and oxygen atoms in total. The summed E-state index contributed by atoms with van der Waals surface area (Å²) in [6, 6.07) is 7.61. The van der Waals surface area contributed by atoms with E-state index in [1.807, 2.05) is 24.3 Å². The fraction of sp³-hybridized carbons (Fsp3) is 0.438. The summed E-state index contributed by atoms with van der Waals surface area (Å²) < 4.78 is 0. The van der Waals surface area contributed by atoms with E-state index in [1.165, 1.54) is 11.3 Å². The predicted octanol–water partition coefficient (Wildman–Crippen LogP) is 5.22. The second kappa shape index (κ2) is 9.25. The lowest BCUT2D eigenvalue weighted by molar-refractivity contribution is -0.115. The van der Waals surface area contributed by atoms with Gasteiger partial charge in [0.2, 0.25) is 11.0 Å². The van der Waals surface area contributed by atoms with Gasteiger partial charge in [0, 0.05) is 28.0 Å². The van der Waals surface area contributed by atoms with Crippen molar-refractivity contribution < 1.29 is 4.79 Å². The molecular formula is C16H20ClN3OS2. The lowest BCUT2D eigenvalue weighted by Crippen LogP contribution is -2.11. The van der Waals surface area contributed by atoms with Crippen LogP contribution in [-0.4, -0.2) is 21.9 Å². The first-order valence-electron chi connectivity index (χ1n) is 7.60. The quantitative estimate of drug-likeness (QED) is 0.648. The third kappa shape index (κ3) is 6.12. The van der Waals surface area contributed by atoms with Gasteiger partial charge in [0.15, 0.2) is 0 Å². The molecule has 7 heteroatoms. The van der Waals surface area contributed by atoms with Crippen molar-refractivity contribution in [3.05, 3.63) is 34.3 Å². The summed E-state index contributed by atoms with van der Waals surface area (Å²) in [7, 11) is 0. The number of aromatic nitrogens is 2. The van der Waals surface area contributed by atoms with Crippen LogP contribution in [0.2, 0.25) is 5.02 Å². The maximum atomic E-state index is 12.0. The molecule has 0 bridgehead atoms. The molecule has 1 heterocycles. The Morgan fingerprint density at radius 3 is 2.78 bits per heavy atom. The Labute approximate surface area is 150 Å². The van der Waals surface area contributed by atoms with Gasteiger partial charge in [-0.3, -0.25) is 4.79 Å². The Bertz CT molecular complexity index is 631. The Morgan fingerprint density at radius 2 is 2.09 bits per heavy atom. The van der Waals surface area contributed by atoms with Crippen LogP contribution in [0.5, 0.6) is 0 Å². The van der Waals surface area contributed by atoms with E-state index < -0.39 is 0 Å². The summed E-state index contributed by atoms with van der Waals surface area (Å²) in [6.07, 6.45) is 2.64. The smallest absolute Gasteiger partial charge is 0.227 e. The van der Waals surface area contributed by atoms with Crippen molar-refractivity contribution in [1.29, 1.82) is 0 Å². The van der Waals surface area contributed by atoms with Crippen LogP contribution in [0, 0.1) is 0 Å². The molecule has 1 unspecified atom stereocenters. The summed E-state index contributed by atoms with van der Waals surface area (Å²) in [6.45, 7) is 4.29. The number of halogens is 1. The number of benzene rings is 1. The van der Waals surface area contributed by atoms with Crippen molar-refractivity contribution in [3.8, 4) is 0 Å². The number of amides is 1. The molecule has 1 aromatic heterocycles. The first-order chi connectivity index (χ1) is 11.1. The van der Waals surface area contributed by atoms with Crippen LogP contribution < -0.4 is 5.32 Å². The number of hydrogen-bond donors (Lipinski definition) is 1. The average molecular weight is 370 g/mol. The monoisotopic (exact) mass is 369 g/mol. The molecule has 0 aliphatic heterocycles. The molecule has 1 amide bonds. The first kappa shape index (κ1) is 18.2. The SMILES string of the molecule is CCCC(C)c1nnc(NC(=O)CCSc2ccc(Cl)cc2)s1. The standard InChI is InChI=1S/C16H20ClN3OS2/c1-3-4-11(2)15-19-20-16(23-15)18-14(21)9-10-22-13-7-5-12(17)6-8-13/h5-8,11H,3-4,9-10H2,1-2H3,(H,18,20,21). The van der Waals surface area contributed by atoms with E-state index in [4.69, 9.17) is 11.6 Å². The van der Waals surface area contributed by atoms with Gasteiger partial charge in [-0.25, -0.2) is 0 Å². The van der Waals surface area contributed by atoms with Gasteiger partial charge in [0.1, 0.15) is 5.01 Å². The Morgan fingerprint density at radius 1 is 1.35 bits per heavy atom. The van der Waals surface area contributed by atoms with Crippen molar-refractivity contribution in [3.63, 3.8) is 0 Å². The topological polar surface area (TPSA) is 54.9 Å². The van der Waals surface area contributed by atoms with Crippen LogP contribution in [0.3, 0.4) is 0 Å². The third-order valence-electron chi connectivity index (χ3n) is 3.24. The van der Waals surface area contributed by atoms with Gasteiger partial charge in [-0.15, -0.1) is 22.0 Å². The minimum Gasteiger partial charge on any atom is -0.301 e. The fourth-order valence-electron chi connectivity index (χ4n) is 2.01. The van der Waals surface area contributed by atoms with E-state index in [9.17, 15) is 4.79 Å². The number of carbonyl (C=O) groups is 1. The van der Waals surface area contributed by atoms with Crippen LogP contribution in [-0.2, 0) is 4.79 Å². The molecule has 0 radical (unpaired) electrons. The highest BCUT2D eigenvalue weighted by Crippen LogP contribution is 2.26. The Kier molecular flexibility index (Phi) is 7.33. The highest BCUT2D eigenvalue weighted by Gasteiger charge is 2.13. The van der Waals surface area contributed by atoms with Crippen LogP contribution in [0.4, 0.5) is 5.13 Å². The largest absolute Gasteiger partial charge is 0.301 e. The van der Waals surface area contributed by atoms with Crippen molar-refractivity contribution in [1.82, 2.24) is 10.2 Å². The Balaban J connectivity index is 1.75. The van der Waals surface area contributed by atoms with Gasteiger partial charge >= 0.3 is 0 Å². The van der Waals surface area contributed by atoms with E-state index in [0.717, 1.165) is 27.8 Å². The zero-order valence-electron chi connectivity index (χ0n) is 13.2. The van der Waals surface area contributed by atoms with E-state index >= 15 is 0 Å². The van der Waals surface area contributed by atoms with E-state index in [2.05, 4.69) is 29.4 Å². The Hall–Kier alpha value is -1.11. The van der Waals surface area contributed by atoms with Crippen molar-refractivity contribution in [2.24, 2.45) is 0 Å². The summed E-state index contributed by atoms with van der Waals surface area (Å²) in [4.78, 5) is 13.1. The van der Waals surface area contributed by atoms with Gasteiger partial charge in [-0.1, -0.05) is 43.2 Å². The molecule has 0 aliphatic rings. The number of nitrogens with one attached hydrogen (secondary N) is 1. The second-order valence-electron chi connectivity index (χ2n) is 5.24. The van der Waals surface area contributed by atoms with Crippen LogP contribution in [0.1, 0.15) is 44.0 Å². The van der Waals surface area contributed by atoms with Crippen LogP contribution in [0.15, 0.2) is 29.2 Å². The lowest BCUT2D eigenvalue weighted by Gasteiger charge is -2.03. The zero-order valence-corrected chi connectivity index (χ0v) is 15.6. The third-order valence-corrected chi connectivity index (χ3v) is 5.58. The second-order valence-corrected chi connectivity index (χ2v) is 7.85. The van der Waals surface area contributed by atoms with Crippen molar-refractivity contribution >= 4 is 45.7 Å². The average Bonchev–Trinajstić information content (AvgIpc) is 2.98. The van der Waals surface area contributed by atoms with Gasteiger partial charge in [0.25, 0.3) is 0 Å². The van der Waals surface area contributed by atoms with Gasteiger partial charge in [-0.2, -0.15) is 0 Å². The molecule has 1 N–H and O–H groups in total. The predicted molar refractivity (Wildman–Crippen MR) is 98.7 cm³/mol. The summed E-state index contributed by atoms with van der Waals surface area (Å²) in [5.41, 5.74) is 0. The van der Waals surface area contributed by atoms with E-state index in [0.29, 0.717) is 23.2 Å². The van der Waals surface area contributed by atoms with Crippen molar-refractivity contribution in [2.75, 3.05) is 11.1 Å². The molecular weight excluding hydrogens is 350 g/mol. The summed E-state index contributed by atoms with van der Waals surface area (Å²) in [5.74, 6) is 1.08. The maximum Gasteiger partial charge on any atom is 0.227 e. The zero-order chi connectivity index (χ0) is 16.7. The molecule has 0 fully saturated rings. The lowest BCUT2D eigenvalue weighted by atomic mass is 10.1. The van der Waals surface area contributed by atoms with Crippen LogP contribution in [0.25, 0.3) is 0 Å². The molecule has 1 atom stereocenters. The fourth-order valence-corrected chi connectivity index (χ4v) is 3.84.